The molecule has 1 aromatic heterocycles. The number of anilines is 1. The summed E-state index contributed by atoms with van der Waals surface area (Å²) < 4.78 is 0. The van der Waals surface area contributed by atoms with Crippen molar-refractivity contribution in [3.8, 4) is 6.07 Å². The molecule has 0 radical (unpaired) electrons. The van der Waals surface area contributed by atoms with Gasteiger partial charge < -0.3 is 15.1 Å². The predicted molar refractivity (Wildman–Crippen MR) is 92.7 cm³/mol. The van der Waals surface area contributed by atoms with E-state index in [0.717, 1.165) is 5.69 Å². The average molecular weight is 358 g/mol. The van der Waals surface area contributed by atoms with Gasteiger partial charge in [0.05, 0.1) is 16.6 Å². The van der Waals surface area contributed by atoms with E-state index in [1.165, 1.54) is 12.3 Å². The standard InChI is InChI=1S/C18H16ClN3O3/c1-11-18(25,13-3-5-16(17(23)24)21-10-13)6-7-22(11)14-4-2-12(9-20)15(19)8-14/h2-5,8,10-11,25H,6-7H2,1H3,(H,23,24)/t11-,18-/m1/s1. The topological polar surface area (TPSA) is 97.5 Å². The molecule has 1 aliphatic heterocycles. The molecule has 0 saturated carbocycles. The second-order valence-corrected chi connectivity index (χ2v) is 6.46. The highest BCUT2D eigenvalue weighted by Gasteiger charge is 2.45. The molecule has 1 aromatic carbocycles. The summed E-state index contributed by atoms with van der Waals surface area (Å²) >= 11 is 6.11. The van der Waals surface area contributed by atoms with Gasteiger partial charge in [0.25, 0.3) is 0 Å². The summed E-state index contributed by atoms with van der Waals surface area (Å²) in [6.45, 7) is 2.49. The highest BCUT2D eigenvalue weighted by molar-refractivity contribution is 6.32. The summed E-state index contributed by atoms with van der Waals surface area (Å²) in [5.41, 5.74) is 0.592. The Balaban J connectivity index is 1.90. The van der Waals surface area contributed by atoms with E-state index in [-0.39, 0.29) is 11.7 Å². The second kappa shape index (κ2) is 6.36. The van der Waals surface area contributed by atoms with E-state index in [0.29, 0.717) is 29.1 Å². The van der Waals surface area contributed by atoms with Crippen LogP contribution in [0.15, 0.2) is 36.5 Å². The lowest BCUT2D eigenvalue weighted by atomic mass is 9.88. The second-order valence-electron chi connectivity index (χ2n) is 6.06. The molecule has 128 valence electrons. The number of nitrogens with zero attached hydrogens (tertiary/aromatic N) is 3. The molecule has 1 aliphatic rings. The Hall–Kier alpha value is -2.62. The van der Waals surface area contributed by atoms with Gasteiger partial charge in [-0.1, -0.05) is 17.7 Å². The summed E-state index contributed by atoms with van der Waals surface area (Å²) in [5, 5.41) is 29.4. The van der Waals surface area contributed by atoms with E-state index in [2.05, 4.69) is 4.98 Å². The van der Waals surface area contributed by atoms with Gasteiger partial charge in [0.1, 0.15) is 17.4 Å². The third-order valence-electron chi connectivity index (χ3n) is 4.78. The van der Waals surface area contributed by atoms with Gasteiger partial charge in [-0.25, -0.2) is 9.78 Å². The zero-order chi connectivity index (χ0) is 18.2. The highest BCUT2D eigenvalue weighted by Crippen LogP contribution is 2.40. The molecule has 1 fully saturated rings. The third-order valence-corrected chi connectivity index (χ3v) is 5.09. The van der Waals surface area contributed by atoms with Crippen molar-refractivity contribution in [2.45, 2.75) is 25.0 Å². The molecule has 2 heterocycles. The zero-order valence-corrected chi connectivity index (χ0v) is 14.2. The van der Waals surface area contributed by atoms with Gasteiger partial charge in [-0.05, 0) is 37.6 Å². The summed E-state index contributed by atoms with van der Waals surface area (Å²) in [6.07, 6.45) is 1.88. The number of aliphatic hydroxyl groups is 1. The molecule has 0 aliphatic carbocycles. The Morgan fingerprint density at radius 3 is 2.76 bits per heavy atom. The van der Waals surface area contributed by atoms with Crippen LogP contribution in [0.2, 0.25) is 5.02 Å². The van der Waals surface area contributed by atoms with Crippen LogP contribution in [0.3, 0.4) is 0 Å². The third kappa shape index (κ3) is 2.93. The van der Waals surface area contributed by atoms with Crippen LogP contribution in [0.4, 0.5) is 5.69 Å². The van der Waals surface area contributed by atoms with Gasteiger partial charge in [0, 0.05) is 24.0 Å². The predicted octanol–water partition coefficient (Wildman–Crippen LogP) is 2.79. The number of pyridine rings is 1. The van der Waals surface area contributed by atoms with Crippen molar-refractivity contribution in [1.82, 2.24) is 4.98 Å². The maximum Gasteiger partial charge on any atom is 0.354 e. The van der Waals surface area contributed by atoms with E-state index in [1.54, 1.807) is 24.3 Å². The monoisotopic (exact) mass is 357 g/mol. The van der Waals surface area contributed by atoms with E-state index in [4.69, 9.17) is 22.0 Å². The Bertz CT molecular complexity index is 863. The number of nitriles is 1. The largest absolute Gasteiger partial charge is 0.477 e. The average Bonchev–Trinajstić information content (AvgIpc) is 2.91. The van der Waals surface area contributed by atoms with Crippen molar-refractivity contribution >= 4 is 23.3 Å². The minimum Gasteiger partial charge on any atom is -0.477 e. The molecule has 0 amide bonds. The maximum absolute atomic E-state index is 11.1. The van der Waals surface area contributed by atoms with Crippen LogP contribution in [0.5, 0.6) is 0 Å². The first-order valence-electron chi connectivity index (χ1n) is 7.75. The van der Waals surface area contributed by atoms with Gasteiger partial charge in [0.2, 0.25) is 0 Å². The number of hydrogen-bond donors (Lipinski definition) is 2. The normalized spacial score (nSPS) is 22.6. The molecule has 25 heavy (non-hydrogen) atoms. The van der Waals surface area contributed by atoms with Crippen molar-refractivity contribution in [2.24, 2.45) is 0 Å². The van der Waals surface area contributed by atoms with Crippen LogP contribution in [0.25, 0.3) is 0 Å². The maximum atomic E-state index is 11.1. The number of hydrogen-bond acceptors (Lipinski definition) is 5. The van der Waals surface area contributed by atoms with Gasteiger partial charge in [-0.3, -0.25) is 0 Å². The van der Waals surface area contributed by atoms with Gasteiger partial charge >= 0.3 is 5.97 Å². The molecule has 2 N–H and O–H groups in total. The van der Waals surface area contributed by atoms with Crippen molar-refractivity contribution in [3.63, 3.8) is 0 Å². The molecule has 2 aromatic rings. The Morgan fingerprint density at radius 1 is 1.44 bits per heavy atom. The number of benzene rings is 1. The molecular formula is C18H16ClN3O3. The minimum absolute atomic E-state index is 0.0614. The molecule has 3 rings (SSSR count). The number of aromatic carboxylic acids is 1. The number of halogens is 1. The van der Waals surface area contributed by atoms with Crippen molar-refractivity contribution in [2.75, 3.05) is 11.4 Å². The number of aromatic nitrogens is 1. The molecule has 0 spiro atoms. The first kappa shape index (κ1) is 17.2. The lowest BCUT2D eigenvalue weighted by molar-refractivity contribution is 0.0325. The molecular weight excluding hydrogens is 342 g/mol. The molecule has 6 nitrogen and oxygen atoms in total. The van der Waals surface area contributed by atoms with E-state index in [1.807, 2.05) is 17.9 Å². The number of carbonyl (C=O) groups is 1. The fraction of sp³-hybridized carbons (Fsp3) is 0.278. The van der Waals surface area contributed by atoms with Crippen molar-refractivity contribution in [3.05, 3.63) is 58.4 Å². The summed E-state index contributed by atoms with van der Waals surface area (Å²) in [4.78, 5) is 16.8. The molecule has 1 saturated heterocycles. The molecule has 0 bridgehead atoms. The Kier molecular flexibility index (Phi) is 4.38. The lowest BCUT2D eigenvalue weighted by Crippen LogP contribution is -2.40. The van der Waals surface area contributed by atoms with Crippen LogP contribution in [0, 0.1) is 11.3 Å². The Morgan fingerprint density at radius 2 is 2.20 bits per heavy atom. The van der Waals surface area contributed by atoms with E-state index in [9.17, 15) is 9.90 Å². The Labute approximate surface area is 149 Å². The van der Waals surface area contributed by atoms with Crippen LogP contribution in [0.1, 0.15) is 35.0 Å². The van der Waals surface area contributed by atoms with Crippen molar-refractivity contribution < 1.29 is 15.0 Å². The van der Waals surface area contributed by atoms with Gasteiger partial charge in [-0.2, -0.15) is 5.26 Å². The number of rotatable bonds is 3. The van der Waals surface area contributed by atoms with Crippen LogP contribution in [-0.2, 0) is 5.60 Å². The number of carboxylic acid groups (broad SMARTS) is 1. The van der Waals surface area contributed by atoms with Crippen LogP contribution in [-0.4, -0.2) is 33.8 Å². The molecule has 0 unspecified atom stereocenters. The van der Waals surface area contributed by atoms with Crippen LogP contribution >= 0.6 is 11.6 Å². The van der Waals surface area contributed by atoms with E-state index >= 15 is 0 Å². The molecule has 2 atom stereocenters. The highest BCUT2D eigenvalue weighted by atomic mass is 35.5. The van der Waals surface area contributed by atoms with E-state index < -0.39 is 11.6 Å². The first-order chi connectivity index (χ1) is 11.9. The SMILES string of the molecule is C[C@H]1N(c2ccc(C#N)c(Cl)c2)CC[C@]1(O)c1ccc(C(=O)O)nc1. The fourth-order valence-corrected chi connectivity index (χ4v) is 3.46. The van der Waals surface area contributed by atoms with Gasteiger partial charge in [0.15, 0.2) is 0 Å². The smallest absolute Gasteiger partial charge is 0.354 e. The summed E-state index contributed by atoms with van der Waals surface area (Å²) in [5.74, 6) is -1.10. The minimum atomic E-state index is -1.15. The summed E-state index contributed by atoms with van der Waals surface area (Å²) in [6, 6.07) is 9.93. The molecule has 7 heteroatoms. The van der Waals surface area contributed by atoms with Gasteiger partial charge in [-0.15, -0.1) is 0 Å². The lowest BCUT2D eigenvalue weighted by Gasteiger charge is -2.32. The van der Waals surface area contributed by atoms with Crippen molar-refractivity contribution in [1.29, 1.82) is 5.26 Å². The number of carboxylic acids is 1. The summed E-state index contributed by atoms with van der Waals surface area (Å²) in [7, 11) is 0. The quantitative estimate of drug-likeness (QED) is 0.876. The first-order valence-corrected chi connectivity index (χ1v) is 8.13. The zero-order valence-electron chi connectivity index (χ0n) is 13.5. The van der Waals surface area contributed by atoms with Crippen LogP contribution < -0.4 is 4.90 Å². The fourth-order valence-electron chi connectivity index (χ4n) is 3.24.